The minimum atomic E-state index is -0.364. The van der Waals surface area contributed by atoms with Gasteiger partial charge in [-0.15, -0.1) is 0 Å². The lowest BCUT2D eigenvalue weighted by Gasteiger charge is -2.26. The molecule has 0 aliphatic carbocycles. The molecule has 4 heteroatoms. The van der Waals surface area contributed by atoms with E-state index in [4.69, 9.17) is 4.74 Å². The Labute approximate surface area is 155 Å². The Morgan fingerprint density at radius 3 is 2.46 bits per heavy atom. The largest absolute Gasteiger partial charge is 0.448 e. The minimum Gasteiger partial charge on any atom is -0.448 e. The highest BCUT2D eigenvalue weighted by atomic mass is 16.6. The van der Waals surface area contributed by atoms with Gasteiger partial charge in [0.25, 0.3) is 0 Å². The Morgan fingerprint density at radius 1 is 1.00 bits per heavy atom. The Hall–Kier alpha value is -2.75. The number of carbonyl (C=O) groups excluding carboxylic acids is 1. The Bertz CT molecular complexity index is 855. The number of nitrogens with zero attached hydrogens (tertiary/aromatic N) is 2. The molecule has 1 amide bonds. The number of benzene rings is 2. The molecule has 1 heterocycles. The number of fused-ring (bicyclic) bond motifs is 1. The van der Waals surface area contributed by atoms with Crippen molar-refractivity contribution in [2.24, 2.45) is 0 Å². The first-order chi connectivity index (χ1) is 12.8. The number of ether oxygens (including phenoxy) is 1. The van der Waals surface area contributed by atoms with E-state index in [0.717, 1.165) is 35.1 Å². The second-order valence-corrected chi connectivity index (χ2v) is 6.31. The van der Waals surface area contributed by atoms with E-state index in [1.807, 2.05) is 60.1 Å². The maximum Gasteiger partial charge on any atom is 0.433 e. The average molecular weight is 350 g/mol. The molecule has 26 heavy (non-hydrogen) atoms. The smallest absolute Gasteiger partial charge is 0.433 e. The maximum atomic E-state index is 12.9. The lowest BCUT2D eigenvalue weighted by atomic mass is 10.1. The van der Waals surface area contributed by atoms with Crippen molar-refractivity contribution in [2.45, 2.75) is 39.5 Å². The lowest BCUT2D eigenvalue weighted by molar-refractivity contribution is 0.157. The number of aryl methyl sites for hydroxylation is 1. The normalized spacial score (nSPS) is 10.8. The zero-order valence-corrected chi connectivity index (χ0v) is 15.5. The SMILES string of the molecule is CCCCCc1cc2ccccc2n1N(C(=O)OCC)c1ccccc1. The van der Waals surface area contributed by atoms with Gasteiger partial charge in [0, 0.05) is 11.1 Å². The van der Waals surface area contributed by atoms with E-state index in [1.165, 1.54) is 12.8 Å². The number of anilines is 1. The summed E-state index contributed by atoms with van der Waals surface area (Å²) >= 11 is 0. The molecule has 3 rings (SSSR count). The summed E-state index contributed by atoms with van der Waals surface area (Å²) in [5, 5.41) is 2.77. The second kappa shape index (κ2) is 8.56. The fraction of sp³-hybridized carbons (Fsp3) is 0.318. The molecule has 4 nitrogen and oxygen atoms in total. The van der Waals surface area contributed by atoms with Crippen LogP contribution < -0.4 is 5.01 Å². The van der Waals surface area contributed by atoms with Crippen LogP contribution in [0.2, 0.25) is 0 Å². The van der Waals surface area contributed by atoms with Crippen molar-refractivity contribution in [2.75, 3.05) is 11.6 Å². The molecule has 3 aromatic rings. The van der Waals surface area contributed by atoms with Crippen molar-refractivity contribution in [3.8, 4) is 0 Å². The van der Waals surface area contributed by atoms with E-state index in [2.05, 4.69) is 19.1 Å². The number of hydrogen-bond acceptors (Lipinski definition) is 2. The summed E-state index contributed by atoms with van der Waals surface area (Å²) in [6.07, 6.45) is 3.99. The highest BCUT2D eigenvalue weighted by Crippen LogP contribution is 2.26. The predicted molar refractivity (Wildman–Crippen MR) is 107 cm³/mol. The monoisotopic (exact) mass is 350 g/mol. The predicted octanol–water partition coefficient (Wildman–Crippen LogP) is 5.80. The van der Waals surface area contributed by atoms with E-state index in [9.17, 15) is 4.79 Å². The molecular weight excluding hydrogens is 324 g/mol. The van der Waals surface area contributed by atoms with Gasteiger partial charge in [0.2, 0.25) is 0 Å². The van der Waals surface area contributed by atoms with Gasteiger partial charge in [0.15, 0.2) is 0 Å². The van der Waals surface area contributed by atoms with Gasteiger partial charge in [-0.3, -0.25) is 0 Å². The molecule has 2 aromatic carbocycles. The molecule has 0 radical (unpaired) electrons. The molecule has 0 atom stereocenters. The molecule has 0 aliphatic rings. The summed E-state index contributed by atoms with van der Waals surface area (Å²) in [4.78, 5) is 12.9. The van der Waals surface area contributed by atoms with Crippen LogP contribution in [0.25, 0.3) is 10.9 Å². The quantitative estimate of drug-likeness (QED) is 0.505. The molecule has 0 spiro atoms. The van der Waals surface area contributed by atoms with Crippen molar-refractivity contribution in [1.82, 2.24) is 4.68 Å². The Kier molecular flexibility index (Phi) is 5.95. The second-order valence-electron chi connectivity index (χ2n) is 6.31. The van der Waals surface area contributed by atoms with Crippen LogP contribution in [0, 0.1) is 0 Å². The van der Waals surface area contributed by atoms with Gasteiger partial charge >= 0.3 is 6.09 Å². The molecule has 0 saturated carbocycles. The zero-order valence-electron chi connectivity index (χ0n) is 15.5. The fourth-order valence-electron chi connectivity index (χ4n) is 3.22. The summed E-state index contributed by atoms with van der Waals surface area (Å²) in [6.45, 7) is 4.37. The van der Waals surface area contributed by atoms with Crippen LogP contribution in [0.5, 0.6) is 0 Å². The van der Waals surface area contributed by atoms with Gasteiger partial charge in [-0.05, 0) is 44.0 Å². The van der Waals surface area contributed by atoms with Gasteiger partial charge in [-0.25, -0.2) is 9.47 Å². The zero-order chi connectivity index (χ0) is 18.4. The molecule has 0 bridgehead atoms. The van der Waals surface area contributed by atoms with E-state index >= 15 is 0 Å². The number of carbonyl (C=O) groups is 1. The van der Waals surface area contributed by atoms with Crippen molar-refractivity contribution < 1.29 is 9.53 Å². The van der Waals surface area contributed by atoms with Crippen LogP contribution in [-0.2, 0) is 11.2 Å². The first-order valence-corrected chi connectivity index (χ1v) is 9.37. The maximum absolute atomic E-state index is 12.9. The summed E-state index contributed by atoms with van der Waals surface area (Å²) in [7, 11) is 0. The number of rotatable bonds is 7. The fourth-order valence-corrected chi connectivity index (χ4v) is 3.22. The molecule has 1 aromatic heterocycles. The Morgan fingerprint density at radius 2 is 1.73 bits per heavy atom. The first kappa shape index (κ1) is 18.1. The molecule has 0 fully saturated rings. The third-order valence-corrected chi connectivity index (χ3v) is 4.44. The van der Waals surface area contributed by atoms with Crippen molar-refractivity contribution in [3.63, 3.8) is 0 Å². The number of para-hydroxylation sites is 2. The number of unbranched alkanes of at least 4 members (excludes halogenated alkanes) is 2. The summed E-state index contributed by atoms with van der Waals surface area (Å²) in [5.41, 5.74) is 2.93. The minimum absolute atomic E-state index is 0.340. The summed E-state index contributed by atoms with van der Waals surface area (Å²) in [6, 6.07) is 20.0. The van der Waals surface area contributed by atoms with Crippen molar-refractivity contribution >= 4 is 22.7 Å². The van der Waals surface area contributed by atoms with Crippen molar-refractivity contribution in [3.05, 3.63) is 66.4 Å². The number of amides is 1. The van der Waals surface area contributed by atoms with Crippen molar-refractivity contribution in [1.29, 1.82) is 0 Å². The molecule has 0 saturated heterocycles. The van der Waals surface area contributed by atoms with Crippen LogP contribution in [0.3, 0.4) is 0 Å². The topological polar surface area (TPSA) is 34.5 Å². The molecule has 0 unspecified atom stereocenters. The van der Waals surface area contributed by atoms with Gasteiger partial charge in [-0.1, -0.05) is 56.2 Å². The average Bonchev–Trinajstić information content (AvgIpc) is 3.02. The van der Waals surface area contributed by atoms with Crippen LogP contribution >= 0.6 is 0 Å². The molecule has 0 aliphatic heterocycles. The summed E-state index contributed by atoms with van der Waals surface area (Å²) in [5.74, 6) is 0. The molecule has 0 N–H and O–H groups in total. The van der Waals surface area contributed by atoms with E-state index < -0.39 is 0 Å². The Balaban J connectivity index is 2.13. The van der Waals surface area contributed by atoms with Gasteiger partial charge < -0.3 is 4.74 Å². The highest BCUT2D eigenvalue weighted by molar-refractivity contribution is 5.91. The van der Waals surface area contributed by atoms with Gasteiger partial charge in [0.1, 0.15) is 0 Å². The van der Waals surface area contributed by atoms with Crippen LogP contribution in [0.4, 0.5) is 10.5 Å². The van der Waals surface area contributed by atoms with E-state index in [1.54, 1.807) is 5.01 Å². The van der Waals surface area contributed by atoms with E-state index in [0.29, 0.717) is 6.61 Å². The third kappa shape index (κ3) is 3.74. The van der Waals surface area contributed by atoms with Gasteiger partial charge in [-0.2, -0.15) is 5.01 Å². The standard InChI is InChI=1S/C22H26N2O2/c1-3-5-7-15-20-17-18-12-10-11-16-21(18)23(20)24(22(25)26-4-2)19-13-8-6-9-14-19/h6,8-14,16-17H,3-5,7,15H2,1-2H3. The van der Waals surface area contributed by atoms with Crippen LogP contribution in [0.1, 0.15) is 38.8 Å². The lowest BCUT2D eigenvalue weighted by Crippen LogP contribution is -2.37. The van der Waals surface area contributed by atoms with Crippen LogP contribution in [0.15, 0.2) is 60.7 Å². The van der Waals surface area contributed by atoms with Gasteiger partial charge in [0.05, 0.1) is 17.8 Å². The highest BCUT2D eigenvalue weighted by Gasteiger charge is 2.23. The number of hydrogen-bond donors (Lipinski definition) is 0. The summed E-state index contributed by atoms with van der Waals surface area (Å²) < 4.78 is 7.39. The molecular formula is C22H26N2O2. The first-order valence-electron chi connectivity index (χ1n) is 9.37. The van der Waals surface area contributed by atoms with E-state index in [-0.39, 0.29) is 6.09 Å². The molecule has 136 valence electrons. The number of aromatic nitrogens is 1. The van der Waals surface area contributed by atoms with Crippen LogP contribution in [-0.4, -0.2) is 17.4 Å². The third-order valence-electron chi connectivity index (χ3n) is 4.44.